The zero-order valence-corrected chi connectivity index (χ0v) is 11.8. The largest absolute Gasteiger partial charge is 0.393 e. The van der Waals surface area contributed by atoms with Crippen molar-refractivity contribution in [3.8, 4) is 0 Å². The number of amides is 1. The second-order valence-electron chi connectivity index (χ2n) is 5.32. The maximum Gasteiger partial charge on any atom is 0.257 e. The predicted octanol–water partition coefficient (Wildman–Crippen LogP) is 0.937. The van der Waals surface area contributed by atoms with Gasteiger partial charge in [0.05, 0.1) is 19.3 Å². The maximum absolute atomic E-state index is 11.7. The topological polar surface area (TPSA) is 61.8 Å². The summed E-state index contributed by atoms with van der Waals surface area (Å²) in [7, 11) is 0. The summed E-state index contributed by atoms with van der Waals surface area (Å²) in [6, 6.07) is 9.69. The number of hydrogen-bond donors (Lipinski definition) is 2. The first-order valence-electron chi connectivity index (χ1n) is 7.00. The smallest absolute Gasteiger partial charge is 0.257 e. The van der Waals surface area contributed by atoms with Crippen molar-refractivity contribution in [1.82, 2.24) is 10.4 Å². The highest BCUT2D eigenvalue weighted by atomic mass is 16.6. The van der Waals surface area contributed by atoms with Crippen LogP contribution in [0.2, 0.25) is 0 Å². The third kappa shape index (κ3) is 4.59. The summed E-state index contributed by atoms with van der Waals surface area (Å²) < 4.78 is 0. The Morgan fingerprint density at radius 3 is 2.90 bits per heavy atom. The van der Waals surface area contributed by atoms with E-state index in [9.17, 15) is 9.90 Å². The van der Waals surface area contributed by atoms with Crippen molar-refractivity contribution < 1.29 is 14.7 Å². The molecule has 0 saturated carbocycles. The SMILES string of the molecule is CC(O)C1CCN(CC(=O)NOCc2ccccc2)C1. The molecule has 0 spiro atoms. The fourth-order valence-electron chi connectivity index (χ4n) is 2.41. The Bertz CT molecular complexity index is 422. The lowest BCUT2D eigenvalue weighted by Gasteiger charge is -2.16. The summed E-state index contributed by atoms with van der Waals surface area (Å²) in [5.41, 5.74) is 3.48. The second-order valence-corrected chi connectivity index (χ2v) is 5.32. The molecule has 0 bridgehead atoms. The van der Waals surface area contributed by atoms with Gasteiger partial charge in [-0.25, -0.2) is 5.48 Å². The molecule has 5 heteroatoms. The van der Waals surface area contributed by atoms with Crippen molar-refractivity contribution >= 4 is 5.91 Å². The van der Waals surface area contributed by atoms with Gasteiger partial charge < -0.3 is 5.11 Å². The number of benzene rings is 1. The number of nitrogens with zero attached hydrogens (tertiary/aromatic N) is 1. The normalized spacial score (nSPS) is 20.8. The van der Waals surface area contributed by atoms with E-state index in [1.165, 1.54) is 0 Å². The third-order valence-corrected chi connectivity index (χ3v) is 3.63. The molecule has 1 aromatic rings. The van der Waals surface area contributed by atoms with Crippen LogP contribution in [-0.2, 0) is 16.2 Å². The number of likely N-dealkylation sites (tertiary alicyclic amines) is 1. The first-order chi connectivity index (χ1) is 9.65. The Hall–Kier alpha value is -1.43. The average molecular weight is 278 g/mol. The molecule has 1 aliphatic rings. The average Bonchev–Trinajstić information content (AvgIpc) is 2.88. The molecule has 1 amide bonds. The van der Waals surface area contributed by atoms with Crippen LogP contribution in [0.1, 0.15) is 18.9 Å². The zero-order chi connectivity index (χ0) is 14.4. The van der Waals surface area contributed by atoms with Crippen LogP contribution >= 0.6 is 0 Å². The minimum Gasteiger partial charge on any atom is -0.393 e. The van der Waals surface area contributed by atoms with Gasteiger partial charge in [-0.05, 0) is 31.4 Å². The predicted molar refractivity (Wildman–Crippen MR) is 75.6 cm³/mol. The van der Waals surface area contributed by atoms with E-state index in [0.29, 0.717) is 13.2 Å². The van der Waals surface area contributed by atoms with Crippen molar-refractivity contribution in [3.63, 3.8) is 0 Å². The molecule has 1 aromatic carbocycles. The first-order valence-corrected chi connectivity index (χ1v) is 7.00. The molecule has 1 fully saturated rings. The van der Waals surface area contributed by atoms with Crippen molar-refractivity contribution in [2.45, 2.75) is 26.1 Å². The molecular weight excluding hydrogens is 256 g/mol. The second kappa shape index (κ2) is 7.38. The van der Waals surface area contributed by atoms with Gasteiger partial charge >= 0.3 is 0 Å². The van der Waals surface area contributed by atoms with Gasteiger partial charge in [-0.3, -0.25) is 14.5 Å². The molecular formula is C15H22N2O3. The molecule has 2 atom stereocenters. The molecule has 1 saturated heterocycles. The van der Waals surface area contributed by atoms with Crippen LogP contribution in [-0.4, -0.2) is 41.7 Å². The minimum absolute atomic E-state index is 0.146. The molecule has 0 radical (unpaired) electrons. The van der Waals surface area contributed by atoms with E-state index in [0.717, 1.165) is 25.1 Å². The summed E-state index contributed by atoms with van der Waals surface area (Å²) in [6.45, 7) is 4.10. The maximum atomic E-state index is 11.7. The van der Waals surface area contributed by atoms with Crippen LogP contribution in [0.3, 0.4) is 0 Å². The lowest BCUT2D eigenvalue weighted by molar-refractivity contribution is -0.135. The number of aliphatic hydroxyl groups is 1. The number of hydrogen-bond acceptors (Lipinski definition) is 4. The quantitative estimate of drug-likeness (QED) is 0.760. The number of rotatable bonds is 6. The fourth-order valence-corrected chi connectivity index (χ4v) is 2.41. The molecule has 1 heterocycles. The van der Waals surface area contributed by atoms with Crippen LogP contribution in [0.4, 0.5) is 0 Å². The van der Waals surface area contributed by atoms with Crippen molar-refractivity contribution in [1.29, 1.82) is 0 Å². The van der Waals surface area contributed by atoms with Gasteiger partial charge in [-0.15, -0.1) is 0 Å². The van der Waals surface area contributed by atoms with Gasteiger partial charge in [0.25, 0.3) is 5.91 Å². The van der Waals surface area contributed by atoms with Gasteiger partial charge in [0.15, 0.2) is 0 Å². The molecule has 2 N–H and O–H groups in total. The van der Waals surface area contributed by atoms with Gasteiger partial charge in [-0.1, -0.05) is 30.3 Å². The van der Waals surface area contributed by atoms with E-state index in [4.69, 9.17) is 4.84 Å². The standard InChI is InChI=1S/C15H22N2O3/c1-12(18)14-7-8-17(9-14)10-15(19)16-20-11-13-5-3-2-4-6-13/h2-6,12,14,18H,7-11H2,1H3,(H,16,19). The third-order valence-electron chi connectivity index (χ3n) is 3.63. The van der Waals surface area contributed by atoms with Crippen LogP contribution < -0.4 is 5.48 Å². The lowest BCUT2D eigenvalue weighted by Crippen LogP contribution is -2.36. The van der Waals surface area contributed by atoms with E-state index in [1.807, 2.05) is 35.2 Å². The van der Waals surface area contributed by atoms with E-state index in [1.54, 1.807) is 6.92 Å². The number of aliphatic hydroxyl groups excluding tert-OH is 1. The number of hydroxylamine groups is 1. The molecule has 20 heavy (non-hydrogen) atoms. The lowest BCUT2D eigenvalue weighted by atomic mass is 10.0. The van der Waals surface area contributed by atoms with Gasteiger partial charge in [0.1, 0.15) is 0 Å². The number of carbonyl (C=O) groups excluding carboxylic acids is 1. The number of carbonyl (C=O) groups is 1. The Labute approximate surface area is 119 Å². The molecule has 5 nitrogen and oxygen atoms in total. The number of nitrogens with one attached hydrogen (secondary N) is 1. The van der Waals surface area contributed by atoms with Crippen LogP contribution in [0, 0.1) is 5.92 Å². The van der Waals surface area contributed by atoms with Crippen LogP contribution in [0.25, 0.3) is 0 Å². The highest BCUT2D eigenvalue weighted by molar-refractivity contribution is 5.76. The Kier molecular flexibility index (Phi) is 5.52. The van der Waals surface area contributed by atoms with Gasteiger partial charge in [0.2, 0.25) is 0 Å². The van der Waals surface area contributed by atoms with E-state index in [-0.39, 0.29) is 17.9 Å². The summed E-state index contributed by atoms with van der Waals surface area (Å²) in [6.07, 6.45) is 0.632. The highest BCUT2D eigenvalue weighted by Gasteiger charge is 2.26. The monoisotopic (exact) mass is 278 g/mol. The molecule has 1 aliphatic heterocycles. The fraction of sp³-hybridized carbons (Fsp3) is 0.533. The van der Waals surface area contributed by atoms with Gasteiger partial charge in [-0.2, -0.15) is 0 Å². The summed E-state index contributed by atoms with van der Waals surface area (Å²) in [5, 5.41) is 9.52. The van der Waals surface area contributed by atoms with Crippen LogP contribution in [0.15, 0.2) is 30.3 Å². The summed E-state index contributed by atoms with van der Waals surface area (Å²) >= 11 is 0. The Balaban J connectivity index is 1.64. The minimum atomic E-state index is -0.308. The van der Waals surface area contributed by atoms with Crippen LogP contribution in [0.5, 0.6) is 0 Å². The van der Waals surface area contributed by atoms with Gasteiger partial charge in [0, 0.05) is 6.54 Å². The van der Waals surface area contributed by atoms with Crippen molar-refractivity contribution in [2.24, 2.45) is 5.92 Å². The van der Waals surface area contributed by atoms with Crippen molar-refractivity contribution in [2.75, 3.05) is 19.6 Å². The summed E-state index contributed by atoms with van der Waals surface area (Å²) in [4.78, 5) is 19.0. The molecule has 2 rings (SSSR count). The molecule has 2 unspecified atom stereocenters. The van der Waals surface area contributed by atoms with Crippen molar-refractivity contribution in [3.05, 3.63) is 35.9 Å². The zero-order valence-electron chi connectivity index (χ0n) is 11.8. The molecule has 0 aromatic heterocycles. The van der Waals surface area contributed by atoms with E-state index >= 15 is 0 Å². The molecule has 0 aliphatic carbocycles. The first kappa shape index (κ1) is 15.0. The molecule has 110 valence electrons. The van der Waals surface area contributed by atoms with E-state index in [2.05, 4.69) is 5.48 Å². The van der Waals surface area contributed by atoms with E-state index < -0.39 is 0 Å². The Morgan fingerprint density at radius 1 is 1.50 bits per heavy atom. The Morgan fingerprint density at radius 2 is 2.25 bits per heavy atom. The summed E-state index contributed by atoms with van der Waals surface area (Å²) in [5.74, 6) is 0.125. The highest BCUT2D eigenvalue weighted by Crippen LogP contribution is 2.18.